The summed E-state index contributed by atoms with van der Waals surface area (Å²) in [5.74, 6) is -0.883. The third-order valence-electron chi connectivity index (χ3n) is 2.24. The predicted molar refractivity (Wildman–Crippen MR) is 63.1 cm³/mol. The van der Waals surface area contributed by atoms with Crippen molar-refractivity contribution in [1.82, 2.24) is 9.88 Å². The fraction of sp³-hybridized carbons (Fsp3) is 0.250. The largest absolute Gasteiger partial charge is 0.480 e. The molecular formula is C12H16N2O2. The summed E-state index contributed by atoms with van der Waals surface area (Å²) in [4.78, 5) is 16.0. The van der Waals surface area contributed by atoms with Crippen molar-refractivity contribution in [3.63, 3.8) is 0 Å². The minimum absolute atomic E-state index is 0.502. The van der Waals surface area contributed by atoms with Gasteiger partial charge in [-0.1, -0.05) is 12.2 Å². The Morgan fingerprint density at radius 2 is 2.12 bits per heavy atom. The third kappa shape index (κ3) is 2.84. The molecule has 0 spiro atoms. The van der Waals surface area contributed by atoms with E-state index in [-0.39, 0.29) is 0 Å². The lowest BCUT2D eigenvalue weighted by atomic mass is 10.1. The number of aromatic amines is 1. The quantitative estimate of drug-likeness (QED) is 0.689. The Morgan fingerprint density at radius 3 is 2.50 bits per heavy atom. The Bertz CT molecular complexity index is 347. The van der Waals surface area contributed by atoms with Gasteiger partial charge in [-0.2, -0.15) is 0 Å². The molecule has 0 aliphatic rings. The van der Waals surface area contributed by atoms with Gasteiger partial charge in [0.1, 0.15) is 6.04 Å². The lowest BCUT2D eigenvalue weighted by Crippen LogP contribution is -2.34. The van der Waals surface area contributed by atoms with Crippen molar-refractivity contribution >= 4 is 5.97 Å². The molecule has 0 aliphatic carbocycles. The number of nitrogens with zero attached hydrogens (tertiary/aromatic N) is 1. The summed E-state index contributed by atoms with van der Waals surface area (Å²) in [7, 11) is 0. The van der Waals surface area contributed by atoms with Crippen molar-refractivity contribution in [2.75, 3.05) is 13.1 Å². The highest BCUT2D eigenvalue weighted by Crippen LogP contribution is 2.19. The number of hydrogen-bond donors (Lipinski definition) is 2. The zero-order chi connectivity index (χ0) is 12.0. The Morgan fingerprint density at radius 1 is 1.50 bits per heavy atom. The monoisotopic (exact) mass is 220 g/mol. The van der Waals surface area contributed by atoms with Crippen molar-refractivity contribution in [2.24, 2.45) is 0 Å². The van der Waals surface area contributed by atoms with Crippen LogP contribution in [0, 0.1) is 0 Å². The van der Waals surface area contributed by atoms with Crippen LogP contribution in [0.5, 0.6) is 0 Å². The standard InChI is InChI=1S/C12H16N2O2/c1-3-8-14(9-4-2)11(12(15)16)10-6-5-7-13-10/h3-7,11,13H,1-2,8-9H2,(H,15,16). The Hall–Kier alpha value is -1.81. The second-order valence-electron chi connectivity index (χ2n) is 3.40. The van der Waals surface area contributed by atoms with Gasteiger partial charge in [-0.15, -0.1) is 13.2 Å². The molecular weight excluding hydrogens is 204 g/mol. The number of carboxylic acid groups (broad SMARTS) is 1. The van der Waals surface area contributed by atoms with Gasteiger partial charge in [0.25, 0.3) is 0 Å². The Balaban J connectivity index is 2.94. The van der Waals surface area contributed by atoms with Gasteiger partial charge in [0.2, 0.25) is 0 Å². The maximum Gasteiger partial charge on any atom is 0.327 e. The molecule has 1 aromatic rings. The van der Waals surface area contributed by atoms with Crippen LogP contribution in [0.3, 0.4) is 0 Å². The van der Waals surface area contributed by atoms with Crippen LogP contribution >= 0.6 is 0 Å². The summed E-state index contributed by atoms with van der Waals surface area (Å²) in [6.07, 6.45) is 5.08. The predicted octanol–water partition coefficient (Wildman–Crippen LogP) is 1.81. The highest BCUT2D eigenvalue weighted by atomic mass is 16.4. The number of aromatic nitrogens is 1. The summed E-state index contributed by atoms with van der Waals surface area (Å²) in [6, 6.07) is 2.86. The lowest BCUT2D eigenvalue weighted by molar-refractivity contribution is -0.143. The summed E-state index contributed by atoms with van der Waals surface area (Å²) >= 11 is 0. The number of H-pyrrole nitrogens is 1. The first-order valence-electron chi connectivity index (χ1n) is 5.02. The van der Waals surface area contributed by atoms with Crippen LogP contribution in [-0.4, -0.2) is 34.0 Å². The van der Waals surface area contributed by atoms with Gasteiger partial charge in [0, 0.05) is 25.0 Å². The van der Waals surface area contributed by atoms with E-state index in [9.17, 15) is 9.90 Å². The Kier molecular flexibility index (Phi) is 4.54. The van der Waals surface area contributed by atoms with Gasteiger partial charge in [-0.3, -0.25) is 9.69 Å². The second-order valence-corrected chi connectivity index (χ2v) is 3.40. The van der Waals surface area contributed by atoms with Crippen molar-refractivity contribution in [3.05, 3.63) is 49.3 Å². The van der Waals surface area contributed by atoms with E-state index < -0.39 is 12.0 Å². The van der Waals surface area contributed by atoms with E-state index in [0.29, 0.717) is 18.8 Å². The van der Waals surface area contributed by atoms with Crippen molar-refractivity contribution in [2.45, 2.75) is 6.04 Å². The molecule has 0 saturated heterocycles. The minimum atomic E-state index is -0.883. The molecule has 0 amide bonds. The SMILES string of the molecule is C=CCN(CC=C)C(C(=O)O)c1ccc[nH]1. The van der Waals surface area contributed by atoms with E-state index in [1.165, 1.54) is 0 Å². The van der Waals surface area contributed by atoms with Crippen LogP contribution in [0.2, 0.25) is 0 Å². The smallest absolute Gasteiger partial charge is 0.327 e. The number of nitrogens with one attached hydrogen (secondary N) is 1. The van der Waals surface area contributed by atoms with E-state index in [1.807, 2.05) is 0 Å². The maximum atomic E-state index is 11.3. The average molecular weight is 220 g/mol. The molecule has 0 aliphatic heterocycles. The number of carboxylic acids is 1. The molecule has 16 heavy (non-hydrogen) atoms. The minimum Gasteiger partial charge on any atom is -0.480 e. The number of hydrogen-bond acceptors (Lipinski definition) is 2. The van der Waals surface area contributed by atoms with E-state index >= 15 is 0 Å². The first-order chi connectivity index (χ1) is 7.70. The van der Waals surface area contributed by atoms with Crippen molar-refractivity contribution < 1.29 is 9.90 Å². The zero-order valence-corrected chi connectivity index (χ0v) is 9.10. The van der Waals surface area contributed by atoms with Crippen LogP contribution in [0.15, 0.2) is 43.6 Å². The Labute approximate surface area is 94.9 Å². The normalized spacial score (nSPS) is 12.3. The van der Waals surface area contributed by atoms with Gasteiger partial charge >= 0.3 is 5.97 Å². The summed E-state index contributed by atoms with van der Waals surface area (Å²) < 4.78 is 0. The second kappa shape index (κ2) is 5.92. The van der Waals surface area contributed by atoms with Crippen LogP contribution in [0.4, 0.5) is 0 Å². The van der Waals surface area contributed by atoms with Crippen molar-refractivity contribution in [1.29, 1.82) is 0 Å². The van der Waals surface area contributed by atoms with Gasteiger partial charge < -0.3 is 10.1 Å². The molecule has 1 unspecified atom stereocenters. The number of carbonyl (C=O) groups is 1. The number of rotatable bonds is 7. The lowest BCUT2D eigenvalue weighted by Gasteiger charge is -2.25. The molecule has 86 valence electrons. The summed E-state index contributed by atoms with van der Waals surface area (Å²) in [6.45, 7) is 8.26. The van der Waals surface area contributed by atoms with Crippen LogP contribution in [0.1, 0.15) is 11.7 Å². The molecule has 4 nitrogen and oxygen atoms in total. The van der Waals surface area contributed by atoms with Crippen LogP contribution in [-0.2, 0) is 4.79 Å². The molecule has 0 aromatic carbocycles. The van der Waals surface area contributed by atoms with Gasteiger partial charge in [-0.25, -0.2) is 0 Å². The van der Waals surface area contributed by atoms with Crippen molar-refractivity contribution in [3.8, 4) is 0 Å². The topological polar surface area (TPSA) is 56.3 Å². The van der Waals surface area contributed by atoms with E-state index in [1.54, 1.807) is 35.4 Å². The van der Waals surface area contributed by atoms with Crippen LogP contribution < -0.4 is 0 Å². The van der Waals surface area contributed by atoms with Crippen LogP contribution in [0.25, 0.3) is 0 Å². The molecule has 2 N–H and O–H groups in total. The summed E-state index contributed by atoms with van der Waals surface area (Å²) in [5, 5.41) is 9.24. The molecule has 1 atom stereocenters. The average Bonchev–Trinajstić information content (AvgIpc) is 2.71. The highest BCUT2D eigenvalue weighted by Gasteiger charge is 2.26. The summed E-state index contributed by atoms with van der Waals surface area (Å²) in [5.41, 5.74) is 0.663. The van der Waals surface area contributed by atoms with Gasteiger partial charge in [0.05, 0.1) is 0 Å². The molecule has 0 saturated carbocycles. The molecule has 1 aromatic heterocycles. The molecule has 0 radical (unpaired) electrons. The highest BCUT2D eigenvalue weighted by molar-refractivity contribution is 5.75. The molecule has 0 bridgehead atoms. The zero-order valence-electron chi connectivity index (χ0n) is 9.10. The maximum absolute atomic E-state index is 11.3. The van der Waals surface area contributed by atoms with E-state index in [0.717, 1.165) is 0 Å². The fourth-order valence-electron chi connectivity index (χ4n) is 1.62. The van der Waals surface area contributed by atoms with Gasteiger partial charge in [0.15, 0.2) is 0 Å². The first-order valence-corrected chi connectivity index (χ1v) is 5.02. The molecule has 4 heteroatoms. The van der Waals surface area contributed by atoms with E-state index in [4.69, 9.17) is 0 Å². The molecule has 1 heterocycles. The van der Waals surface area contributed by atoms with Gasteiger partial charge in [-0.05, 0) is 12.1 Å². The van der Waals surface area contributed by atoms with E-state index in [2.05, 4.69) is 18.1 Å². The fourth-order valence-corrected chi connectivity index (χ4v) is 1.62. The molecule has 0 fully saturated rings. The molecule has 1 rings (SSSR count). The first kappa shape index (κ1) is 12.3. The number of aliphatic carboxylic acids is 1. The third-order valence-corrected chi connectivity index (χ3v) is 2.24.